The van der Waals surface area contributed by atoms with Crippen LogP contribution in [0.4, 0.5) is 5.82 Å². The van der Waals surface area contributed by atoms with Crippen molar-refractivity contribution in [2.24, 2.45) is 0 Å². The van der Waals surface area contributed by atoms with Crippen molar-refractivity contribution < 1.29 is 9.53 Å². The second-order valence-electron chi connectivity index (χ2n) is 5.68. The third kappa shape index (κ3) is 2.57. The van der Waals surface area contributed by atoms with Crippen molar-refractivity contribution in [1.29, 1.82) is 0 Å². The maximum Gasteiger partial charge on any atom is 0.338 e. The Morgan fingerprint density at radius 1 is 1.22 bits per heavy atom. The number of nitrogen functional groups attached to an aromatic ring is 1. The Balaban J connectivity index is 2.31. The van der Waals surface area contributed by atoms with Gasteiger partial charge in [-0.25, -0.2) is 4.79 Å². The number of anilines is 1. The summed E-state index contributed by atoms with van der Waals surface area (Å²) in [5.74, 6) is 0.234. The number of esters is 1. The number of aromatic amines is 1. The normalized spacial score (nSPS) is 10.9. The third-order valence-electron chi connectivity index (χ3n) is 4.00. The zero-order valence-electron chi connectivity index (χ0n) is 13.6. The second-order valence-corrected chi connectivity index (χ2v) is 5.68. The molecule has 0 saturated carbocycles. The van der Waals surface area contributed by atoms with Crippen LogP contribution in [-0.2, 0) is 4.74 Å². The third-order valence-corrected chi connectivity index (χ3v) is 4.00. The number of carbonyl (C=O) groups excluding carboxylic acids is 1. The molecule has 4 heteroatoms. The summed E-state index contributed by atoms with van der Waals surface area (Å²) < 4.78 is 5.21. The Labute approximate surface area is 135 Å². The van der Waals surface area contributed by atoms with Gasteiger partial charge in [0.25, 0.3) is 0 Å². The summed E-state index contributed by atoms with van der Waals surface area (Å²) in [6.45, 7) is 6.14. The molecule has 1 aromatic heterocycles. The lowest BCUT2D eigenvalue weighted by Gasteiger charge is -2.11. The Morgan fingerprint density at radius 2 is 2.00 bits per heavy atom. The fourth-order valence-electron chi connectivity index (χ4n) is 2.98. The van der Waals surface area contributed by atoms with E-state index in [1.54, 1.807) is 6.92 Å². The molecular weight excluding hydrogens is 288 g/mol. The molecule has 0 spiro atoms. The average Bonchev–Trinajstić information content (AvgIpc) is 2.85. The van der Waals surface area contributed by atoms with Gasteiger partial charge in [-0.1, -0.05) is 29.8 Å². The molecule has 0 aliphatic rings. The minimum Gasteiger partial charge on any atom is -0.462 e. The van der Waals surface area contributed by atoms with E-state index in [0.29, 0.717) is 18.0 Å². The Morgan fingerprint density at radius 3 is 2.74 bits per heavy atom. The van der Waals surface area contributed by atoms with E-state index in [1.165, 1.54) is 0 Å². The van der Waals surface area contributed by atoms with Crippen LogP contribution in [0.3, 0.4) is 0 Å². The van der Waals surface area contributed by atoms with Gasteiger partial charge in [-0.3, -0.25) is 0 Å². The molecule has 0 aliphatic carbocycles. The van der Waals surface area contributed by atoms with Crippen LogP contribution in [0.15, 0.2) is 36.4 Å². The van der Waals surface area contributed by atoms with Crippen LogP contribution in [0, 0.1) is 13.8 Å². The van der Waals surface area contributed by atoms with Crippen LogP contribution in [0.1, 0.15) is 28.4 Å². The summed E-state index contributed by atoms with van der Waals surface area (Å²) in [5, 5.41) is 1.04. The number of aromatic nitrogens is 1. The Bertz CT molecular complexity index is 894. The topological polar surface area (TPSA) is 68.1 Å². The molecule has 3 aromatic rings. The van der Waals surface area contributed by atoms with Gasteiger partial charge in [-0.2, -0.15) is 0 Å². The number of fused-ring (bicyclic) bond motifs is 1. The van der Waals surface area contributed by atoms with E-state index >= 15 is 0 Å². The predicted molar refractivity (Wildman–Crippen MR) is 93.6 cm³/mol. The molecule has 0 saturated heterocycles. The van der Waals surface area contributed by atoms with Gasteiger partial charge in [0.2, 0.25) is 0 Å². The van der Waals surface area contributed by atoms with Gasteiger partial charge >= 0.3 is 5.97 Å². The molecule has 118 valence electrons. The Hall–Kier alpha value is -2.75. The summed E-state index contributed by atoms with van der Waals surface area (Å²) in [6.07, 6.45) is 0. The number of hydrogen-bond acceptors (Lipinski definition) is 3. The van der Waals surface area contributed by atoms with Crippen LogP contribution in [0.5, 0.6) is 0 Å². The van der Waals surface area contributed by atoms with Crippen molar-refractivity contribution in [2.45, 2.75) is 20.8 Å². The first-order valence-corrected chi connectivity index (χ1v) is 7.67. The average molecular weight is 308 g/mol. The molecule has 0 amide bonds. The van der Waals surface area contributed by atoms with Crippen LogP contribution >= 0.6 is 0 Å². The highest BCUT2D eigenvalue weighted by molar-refractivity contribution is 6.08. The summed E-state index contributed by atoms with van der Waals surface area (Å²) in [7, 11) is 0. The zero-order valence-corrected chi connectivity index (χ0v) is 13.6. The molecule has 0 bridgehead atoms. The lowest BCUT2D eigenvalue weighted by molar-refractivity contribution is 0.0527. The first-order valence-electron chi connectivity index (χ1n) is 7.67. The van der Waals surface area contributed by atoms with Crippen LogP contribution in [0.2, 0.25) is 0 Å². The van der Waals surface area contributed by atoms with Crippen LogP contribution < -0.4 is 5.73 Å². The van der Waals surface area contributed by atoms with Gasteiger partial charge in [-0.05, 0) is 38.5 Å². The number of benzene rings is 2. The lowest BCUT2D eigenvalue weighted by Crippen LogP contribution is -2.07. The standard InChI is InChI=1S/C19H20N2O2/c1-4-23-19(22)14-10-11(2)8-9-13(14)17-16-12(3)6-5-7-15(16)21-18(17)20/h5-10,21H,4,20H2,1-3H3. The predicted octanol–water partition coefficient (Wildman–Crippen LogP) is 4.21. The summed E-state index contributed by atoms with van der Waals surface area (Å²) in [4.78, 5) is 15.6. The van der Waals surface area contributed by atoms with Crippen molar-refractivity contribution in [2.75, 3.05) is 12.3 Å². The minimum atomic E-state index is -0.325. The van der Waals surface area contributed by atoms with E-state index < -0.39 is 0 Å². The molecule has 1 heterocycles. The second kappa shape index (κ2) is 5.80. The monoisotopic (exact) mass is 308 g/mol. The number of H-pyrrole nitrogens is 1. The van der Waals surface area contributed by atoms with Gasteiger partial charge in [0.1, 0.15) is 5.82 Å². The fourth-order valence-corrected chi connectivity index (χ4v) is 2.98. The molecule has 3 N–H and O–H groups in total. The summed E-state index contributed by atoms with van der Waals surface area (Å²) in [5.41, 5.74) is 11.5. The zero-order chi connectivity index (χ0) is 16.6. The quantitative estimate of drug-likeness (QED) is 0.712. The minimum absolute atomic E-state index is 0.325. The lowest BCUT2D eigenvalue weighted by atomic mass is 9.95. The van der Waals surface area contributed by atoms with Crippen LogP contribution in [-0.4, -0.2) is 17.6 Å². The molecule has 0 aliphatic heterocycles. The van der Waals surface area contributed by atoms with Gasteiger partial charge in [0.05, 0.1) is 12.2 Å². The molecular formula is C19H20N2O2. The van der Waals surface area contributed by atoms with E-state index in [-0.39, 0.29) is 5.97 Å². The molecule has 3 rings (SSSR count). The van der Waals surface area contributed by atoms with E-state index in [0.717, 1.165) is 33.2 Å². The number of nitrogens with two attached hydrogens (primary N) is 1. The molecule has 0 radical (unpaired) electrons. The van der Waals surface area contributed by atoms with Gasteiger partial charge in [0.15, 0.2) is 0 Å². The maximum absolute atomic E-state index is 12.4. The SMILES string of the molecule is CCOC(=O)c1cc(C)ccc1-c1c(N)[nH]c2cccc(C)c12. The van der Waals surface area contributed by atoms with Gasteiger partial charge in [0, 0.05) is 22.0 Å². The van der Waals surface area contributed by atoms with E-state index in [4.69, 9.17) is 10.5 Å². The van der Waals surface area contributed by atoms with E-state index in [2.05, 4.69) is 4.98 Å². The van der Waals surface area contributed by atoms with E-state index in [1.807, 2.05) is 50.2 Å². The highest BCUT2D eigenvalue weighted by Gasteiger charge is 2.20. The molecule has 4 nitrogen and oxygen atoms in total. The van der Waals surface area contributed by atoms with Crippen molar-refractivity contribution >= 4 is 22.7 Å². The van der Waals surface area contributed by atoms with Crippen molar-refractivity contribution in [1.82, 2.24) is 4.98 Å². The Kier molecular flexibility index (Phi) is 3.82. The first kappa shape index (κ1) is 15.2. The van der Waals surface area contributed by atoms with Crippen molar-refractivity contribution in [3.8, 4) is 11.1 Å². The molecule has 0 fully saturated rings. The first-order chi connectivity index (χ1) is 11.0. The number of aryl methyl sites for hydroxylation is 2. The summed E-state index contributed by atoms with van der Waals surface area (Å²) in [6, 6.07) is 11.8. The summed E-state index contributed by atoms with van der Waals surface area (Å²) >= 11 is 0. The highest BCUT2D eigenvalue weighted by atomic mass is 16.5. The van der Waals surface area contributed by atoms with Crippen molar-refractivity contribution in [3.05, 3.63) is 53.1 Å². The smallest absolute Gasteiger partial charge is 0.338 e. The highest BCUT2D eigenvalue weighted by Crippen LogP contribution is 2.38. The van der Waals surface area contributed by atoms with Crippen molar-refractivity contribution in [3.63, 3.8) is 0 Å². The molecule has 23 heavy (non-hydrogen) atoms. The number of ether oxygens (including phenoxy) is 1. The van der Waals surface area contributed by atoms with E-state index in [9.17, 15) is 4.79 Å². The fraction of sp³-hybridized carbons (Fsp3) is 0.211. The number of rotatable bonds is 3. The molecule has 2 aromatic carbocycles. The largest absolute Gasteiger partial charge is 0.462 e. The molecule has 0 unspecified atom stereocenters. The number of hydrogen-bond donors (Lipinski definition) is 2. The maximum atomic E-state index is 12.4. The van der Waals surface area contributed by atoms with Gasteiger partial charge in [-0.15, -0.1) is 0 Å². The van der Waals surface area contributed by atoms with Gasteiger partial charge < -0.3 is 15.5 Å². The molecule has 0 atom stereocenters. The van der Waals surface area contributed by atoms with Crippen LogP contribution in [0.25, 0.3) is 22.0 Å². The number of nitrogens with one attached hydrogen (secondary N) is 1. The number of carbonyl (C=O) groups is 1.